The summed E-state index contributed by atoms with van der Waals surface area (Å²) in [6.07, 6.45) is -0.0911. The van der Waals surface area contributed by atoms with Crippen LogP contribution in [0.1, 0.15) is 18.7 Å². The molecule has 2 amide bonds. The van der Waals surface area contributed by atoms with Crippen molar-refractivity contribution in [3.05, 3.63) is 17.1 Å². The molecule has 6 N–H and O–H groups in total. The summed E-state index contributed by atoms with van der Waals surface area (Å²) in [5.74, 6) is -3.01. The molecule has 0 aromatic carbocycles. The Kier molecular flexibility index (Phi) is 8.65. The summed E-state index contributed by atoms with van der Waals surface area (Å²) in [6.45, 7) is 1.14. The minimum Gasteiger partial charge on any atom is -0.477 e. The lowest BCUT2D eigenvalue weighted by atomic mass is 10.0. The number of ether oxygens (including phenoxy) is 1. The lowest BCUT2D eigenvalue weighted by Gasteiger charge is -2.49. The molecule has 3 aliphatic heterocycles. The van der Waals surface area contributed by atoms with Gasteiger partial charge in [0.1, 0.15) is 17.1 Å². The lowest BCUT2D eigenvalue weighted by molar-refractivity contribution is -0.150. The second-order valence-corrected chi connectivity index (χ2v) is 11.5. The number of tetrazole rings is 1. The molecule has 21 heteroatoms. The third-order valence-corrected chi connectivity index (χ3v) is 8.94. The number of fused-ring (bicyclic) bond motifs is 1. The average molecular weight is 626 g/mol. The van der Waals surface area contributed by atoms with Crippen LogP contribution >= 0.6 is 35.1 Å². The summed E-state index contributed by atoms with van der Waals surface area (Å²) >= 11 is 3.36. The Labute approximate surface area is 243 Å². The number of nitrogen functional groups attached to an aromatic ring is 1. The van der Waals surface area contributed by atoms with Gasteiger partial charge in [0.25, 0.3) is 11.8 Å². The molecule has 0 bridgehead atoms. The molecule has 5 heterocycles. The number of amides is 2. The van der Waals surface area contributed by atoms with Gasteiger partial charge in [-0.15, -0.1) is 16.9 Å². The van der Waals surface area contributed by atoms with Gasteiger partial charge in [0.15, 0.2) is 5.13 Å². The van der Waals surface area contributed by atoms with Gasteiger partial charge in [-0.1, -0.05) is 16.9 Å². The fourth-order valence-corrected chi connectivity index (χ4v) is 6.86. The Balaban J connectivity index is 1.29. The van der Waals surface area contributed by atoms with Crippen LogP contribution in [-0.4, -0.2) is 111 Å². The summed E-state index contributed by atoms with van der Waals surface area (Å²) in [4.78, 5) is 60.6. The highest BCUT2D eigenvalue weighted by Gasteiger charge is 2.54. The number of esters is 1. The molecule has 0 spiro atoms. The number of carbonyl (C=O) groups excluding carboxylic acids is 3. The van der Waals surface area contributed by atoms with E-state index in [1.165, 1.54) is 23.5 Å². The van der Waals surface area contributed by atoms with E-state index >= 15 is 0 Å². The zero-order valence-electron chi connectivity index (χ0n) is 21.0. The smallest absolute Gasteiger partial charge is 0.352 e. The number of thioether (sulfide) groups is 2. The first-order valence-corrected chi connectivity index (χ1v) is 14.9. The van der Waals surface area contributed by atoms with E-state index in [1.54, 1.807) is 4.68 Å². The molecule has 0 saturated carbocycles. The van der Waals surface area contributed by atoms with Gasteiger partial charge in [0.2, 0.25) is 22.8 Å². The third-order valence-electron chi connectivity index (χ3n) is 6.01. The van der Waals surface area contributed by atoms with Crippen molar-refractivity contribution in [1.29, 1.82) is 0 Å². The number of β-lactam (4-membered cyclic amide) rings is 1. The number of nitrogens with one attached hydrogen (secondary N) is 1. The van der Waals surface area contributed by atoms with E-state index in [9.17, 15) is 24.3 Å². The van der Waals surface area contributed by atoms with E-state index < -0.39 is 47.0 Å². The van der Waals surface area contributed by atoms with Crippen LogP contribution in [0, 0.1) is 0 Å². The van der Waals surface area contributed by atoms with E-state index in [0.717, 1.165) is 16.4 Å². The molecule has 0 radical (unpaired) electrons. The number of aliphatic carboxylic acids is 1. The molecule has 2 aromatic rings. The topological polar surface area (TPSA) is 256 Å². The normalized spacial score (nSPS) is 22.3. The van der Waals surface area contributed by atoms with Crippen molar-refractivity contribution in [2.45, 2.75) is 42.1 Å². The van der Waals surface area contributed by atoms with Crippen LogP contribution in [-0.2, 0) is 35.3 Å². The van der Waals surface area contributed by atoms with Crippen LogP contribution in [0.2, 0.25) is 0 Å². The maximum absolute atomic E-state index is 13.2. The Hall–Kier alpha value is -3.82. The van der Waals surface area contributed by atoms with Crippen molar-refractivity contribution < 1.29 is 33.9 Å². The fourth-order valence-electron chi connectivity index (χ4n) is 4.04. The molecule has 5 rings (SSSR count). The summed E-state index contributed by atoms with van der Waals surface area (Å²) in [6, 6.07) is -1.06. The minimum absolute atomic E-state index is 0.0598. The van der Waals surface area contributed by atoms with Crippen LogP contribution in [0.5, 0.6) is 0 Å². The van der Waals surface area contributed by atoms with Crippen LogP contribution in [0.3, 0.4) is 0 Å². The van der Waals surface area contributed by atoms with Crippen LogP contribution < -0.4 is 16.8 Å². The molecule has 3 atom stereocenters. The monoisotopic (exact) mass is 625 g/mol. The molecule has 2 saturated heterocycles. The van der Waals surface area contributed by atoms with E-state index in [1.807, 2.05) is 0 Å². The molecular weight excluding hydrogens is 602 g/mol. The first-order valence-electron chi connectivity index (χ1n) is 12.1. The first kappa shape index (κ1) is 28.7. The molecule has 2 unspecified atom stereocenters. The number of hydrogen-bond donors (Lipinski definition) is 4. The van der Waals surface area contributed by atoms with Crippen molar-refractivity contribution in [2.24, 2.45) is 10.9 Å². The third kappa shape index (κ3) is 5.96. The average Bonchev–Trinajstić information content (AvgIpc) is 3.70. The number of carboxylic acid groups (broad SMARTS) is 1. The molecule has 2 fully saturated rings. The molecule has 218 valence electrons. The Morgan fingerprint density at radius 1 is 1.34 bits per heavy atom. The van der Waals surface area contributed by atoms with Gasteiger partial charge in [-0.25, -0.2) is 14.3 Å². The van der Waals surface area contributed by atoms with E-state index in [4.69, 9.17) is 21.0 Å². The van der Waals surface area contributed by atoms with Gasteiger partial charge >= 0.3 is 11.9 Å². The van der Waals surface area contributed by atoms with Crippen molar-refractivity contribution in [1.82, 2.24) is 39.8 Å². The number of oxime groups is 1. The summed E-state index contributed by atoms with van der Waals surface area (Å²) in [7, 11) is 0. The summed E-state index contributed by atoms with van der Waals surface area (Å²) in [5, 5.41) is 27.7. The molecule has 0 aliphatic carbocycles. The molecule has 2 aromatic heterocycles. The fraction of sp³-hybridized carbons (Fsp3) is 0.500. The van der Waals surface area contributed by atoms with Gasteiger partial charge in [-0.2, -0.15) is 9.36 Å². The Morgan fingerprint density at radius 3 is 2.85 bits per heavy atom. The molecule has 3 aliphatic rings. The number of nitrogens with zero attached hydrogens (tertiary/aromatic N) is 8. The second-order valence-electron chi connectivity index (χ2n) is 8.68. The summed E-state index contributed by atoms with van der Waals surface area (Å²) < 4.78 is 10.4. The number of rotatable bonds is 12. The van der Waals surface area contributed by atoms with Crippen molar-refractivity contribution >= 4 is 69.7 Å². The second kappa shape index (κ2) is 12.4. The number of carbonyl (C=O) groups is 4. The zero-order valence-corrected chi connectivity index (χ0v) is 23.5. The standard InChI is InChI=1S/C20H23N11O7S3/c21-3-1-4-30-20(25-28-29-30)40-7-8-6-39-16-11(15(33)31(16)12(8)17(34)35)23-14(32)10(13-24-19(22)41-27-13)26-38-9-2-5-37-18(9)36/h9,11,16H,1-7,21H2,(H,23,32)(H,34,35)(H2,22,24,27)/t9?,11?,16-/m1/s1. The molecule has 41 heavy (non-hydrogen) atoms. The predicted molar refractivity (Wildman–Crippen MR) is 143 cm³/mol. The quantitative estimate of drug-likeness (QED) is 0.0655. The van der Waals surface area contributed by atoms with Crippen molar-refractivity contribution in [3.8, 4) is 0 Å². The number of cyclic esters (lactones) is 1. The zero-order chi connectivity index (χ0) is 29.1. The summed E-state index contributed by atoms with van der Waals surface area (Å²) in [5.41, 5.74) is 11.2. The van der Waals surface area contributed by atoms with E-state index in [2.05, 4.69) is 35.4 Å². The van der Waals surface area contributed by atoms with Gasteiger partial charge in [0.05, 0.1) is 6.61 Å². The number of carboxylic acids is 1. The van der Waals surface area contributed by atoms with Gasteiger partial charge in [-0.3, -0.25) is 14.5 Å². The number of aromatic nitrogens is 6. The van der Waals surface area contributed by atoms with E-state index in [0.29, 0.717) is 30.2 Å². The Bertz CT molecular complexity index is 1430. The van der Waals surface area contributed by atoms with Crippen LogP contribution in [0.25, 0.3) is 0 Å². The maximum atomic E-state index is 13.2. The number of aryl methyl sites for hydroxylation is 1. The highest BCUT2D eigenvalue weighted by molar-refractivity contribution is 8.01. The number of hydrogen-bond acceptors (Lipinski definition) is 17. The van der Waals surface area contributed by atoms with Gasteiger partial charge in [0, 0.05) is 36.0 Å². The minimum atomic E-state index is -1.27. The van der Waals surface area contributed by atoms with Gasteiger partial charge in [-0.05, 0) is 29.0 Å². The SMILES string of the molecule is NCCCn1nnnc1SCC1=C(C(=O)O)N2C(=O)C(NC(=O)C(=NOC3CCOC3=O)c3nsc(N)n3)[C@H]2SC1. The highest BCUT2D eigenvalue weighted by atomic mass is 32.2. The maximum Gasteiger partial charge on any atom is 0.352 e. The highest BCUT2D eigenvalue weighted by Crippen LogP contribution is 2.41. The van der Waals surface area contributed by atoms with Crippen LogP contribution in [0.15, 0.2) is 21.6 Å². The predicted octanol–water partition coefficient (Wildman–Crippen LogP) is -1.98. The Morgan fingerprint density at radius 2 is 2.17 bits per heavy atom. The van der Waals surface area contributed by atoms with Gasteiger partial charge < -0.3 is 31.5 Å². The van der Waals surface area contributed by atoms with Crippen molar-refractivity contribution in [2.75, 3.05) is 30.4 Å². The largest absolute Gasteiger partial charge is 0.477 e. The lowest BCUT2D eigenvalue weighted by Crippen LogP contribution is -2.71. The van der Waals surface area contributed by atoms with E-state index in [-0.39, 0.29) is 41.2 Å². The first-order chi connectivity index (χ1) is 19.8. The number of anilines is 1. The van der Waals surface area contributed by atoms with Crippen LogP contribution in [0.4, 0.5) is 5.13 Å². The number of nitrogens with two attached hydrogens (primary N) is 2. The van der Waals surface area contributed by atoms with Crippen molar-refractivity contribution in [3.63, 3.8) is 0 Å². The molecular formula is C20H23N11O7S3. The molecule has 18 nitrogen and oxygen atoms in total.